The van der Waals surface area contributed by atoms with Crippen LogP contribution in [0.15, 0.2) is 30.5 Å². The first-order chi connectivity index (χ1) is 8.70. The molecule has 2 aromatic rings. The van der Waals surface area contributed by atoms with Gasteiger partial charge in [0.25, 0.3) is 0 Å². The average molecular weight is 281 g/mol. The highest BCUT2D eigenvalue weighted by molar-refractivity contribution is 7.16. The van der Waals surface area contributed by atoms with Crippen LogP contribution in [-0.4, -0.2) is 11.5 Å². The first-order valence-electron chi connectivity index (χ1n) is 6.09. The van der Waals surface area contributed by atoms with Crippen LogP contribution in [0.2, 0.25) is 4.34 Å². The maximum atomic E-state index is 5.98. The second-order valence-corrected chi connectivity index (χ2v) is 6.00. The highest BCUT2D eigenvalue weighted by atomic mass is 35.5. The summed E-state index contributed by atoms with van der Waals surface area (Å²) in [5.74, 6) is 0. The molecule has 0 radical (unpaired) electrons. The molecule has 0 amide bonds. The molecule has 2 aromatic heterocycles. The molecular weight excluding hydrogens is 264 g/mol. The van der Waals surface area contributed by atoms with Crippen molar-refractivity contribution in [3.05, 3.63) is 50.9 Å². The lowest BCUT2D eigenvalue weighted by atomic mass is 10.0. The Hall–Kier alpha value is -0.900. The molecule has 2 rings (SSSR count). The van der Waals surface area contributed by atoms with Crippen LogP contribution in [0.25, 0.3) is 0 Å². The molecule has 0 saturated heterocycles. The highest BCUT2D eigenvalue weighted by Gasteiger charge is 2.14. The smallest absolute Gasteiger partial charge is 0.0931 e. The van der Waals surface area contributed by atoms with Gasteiger partial charge in [-0.25, -0.2) is 0 Å². The first-order valence-corrected chi connectivity index (χ1v) is 7.29. The fourth-order valence-corrected chi connectivity index (χ4v) is 3.20. The molecule has 0 aliphatic heterocycles. The second kappa shape index (κ2) is 6.32. The quantitative estimate of drug-likeness (QED) is 0.895. The maximum Gasteiger partial charge on any atom is 0.0931 e. The van der Waals surface area contributed by atoms with Gasteiger partial charge in [-0.2, -0.15) is 0 Å². The fourth-order valence-electron chi connectivity index (χ4n) is 2.07. The maximum absolute atomic E-state index is 5.98. The van der Waals surface area contributed by atoms with Gasteiger partial charge in [0.1, 0.15) is 0 Å². The van der Waals surface area contributed by atoms with Gasteiger partial charge in [-0.1, -0.05) is 24.6 Å². The van der Waals surface area contributed by atoms with E-state index in [0.29, 0.717) is 6.04 Å². The van der Waals surface area contributed by atoms with Gasteiger partial charge in [-0.15, -0.1) is 11.3 Å². The van der Waals surface area contributed by atoms with E-state index in [1.807, 2.05) is 18.3 Å². The van der Waals surface area contributed by atoms with Gasteiger partial charge in [0, 0.05) is 29.2 Å². The fraction of sp³-hybridized carbons (Fsp3) is 0.357. The summed E-state index contributed by atoms with van der Waals surface area (Å²) in [5.41, 5.74) is 2.36. The molecule has 0 aliphatic rings. The van der Waals surface area contributed by atoms with E-state index in [4.69, 9.17) is 11.6 Å². The normalized spacial score (nSPS) is 12.6. The largest absolute Gasteiger partial charge is 0.310 e. The molecular formula is C14H17ClN2S. The molecule has 18 heavy (non-hydrogen) atoms. The first kappa shape index (κ1) is 13.5. The second-order valence-electron chi connectivity index (χ2n) is 4.20. The van der Waals surface area contributed by atoms with E-state index >= 15 is 0 Å². The molecule has 1 atom stereocenters. The van der Waals surface area contributed by atoms with Crippen molar-refractivity contribution in [2.75, 3.05) is 6.54 Å². The highest BCUT2D eigenvalue weighted by Crippen LogP contribution is 2.27. The lowest BCUT2D eigenvalue weighted by molar-refractivity contribution is 0.548. The predicted molar refractivity (Wildman–Crippen MR) is 78.4 cm³/mol. The summed E-state index contributed by atoms with van der Waals surface area (Å²) in [6, 6.07) is 8.50. The Labute approximate surface area is 117 Å². The molecule has 1 unspecified atom stereocenters. The molecule has 0 aliphatic carbocycles. The summed E-state index contributed by atoms with van der Waals surface area (Å²) in [5, 5.41) is 3.52. The zero-order chi connectivity index (χ0) is 13.0. The number of likely N-dealkylation sites (N-methyl/N-ethyl adjacent to an activating group) is 1. The minimum Gasteiger partial charge on any atom is -0.310 e. The van der Waals surface area contributed by atoms with Crippen molar-refractivity contribution in [2.24, 2.45) is 0 Å². The Morgan fingerprint density at radius 2 is 2.22 bits per heavy atom. The summed E-state index contributed by atoms with van der Waals surface area (Å²) < 4.78 is 0.850. The Morgan fingerprint density at radius 3 is 2.83 bits per heavy atom. The van der Waals surface area contributed by atoms with Crippen molar-refractivity contribution < 1.29 is 0 Å². The zero-order valence-corrected chi connectivity index (χ0v) is 12.2. The van der Waals surface area contributed by atoms with E-state index in [-0.39, 0.29) is 0 Å². The van der Waals surface area contributed by atoms with Crippen LogP contribution in [0.1, 0.15) is 29.1 Å². The molecule has 2 nitrogen and oxygen atoms in total. The minimum absolute atomic E-state index is 0.304. The van der Waals surface area contributed by atoms with E-state index in [0.717, 1.165) is 23.0 Å². The van der Waals surface area contributed by atoms with Crippen LogP contribution < -0.4 is 5.32 Å². The number of thiophene rings is 1. The standard InChI is InChI=1S/C14H17ClN2S/c1-3-16-13(9-11-6-7-14(15)18-11)12-5-4-8-17-10(12)2/h4-8,13,16H,3,9H2,1-2H3. The van der Waals surface area contributed by atoms with E-state index in [9.17, 15) is 0 Å². The number of halogens is 1. The molecule has 2 heterocycles. The van der Waals surface area contributed by atoms with Crippen LogP contribution >= 0.6 is 22.9 Å². The average Bonchev–Trinajstić information content (AvgIpc) is 2.75. The number of hydrogen-bond acceptors (Lipinski definition) is 3. The summed E-state index contributed by atoms with van der Waals surface area (Å²) in [6.07, 6.45) is 2.79. The molecule has 0 bridgehead atoms. The number of aryl methyl sites for hydroxylation is 1. The van der Waals surface area contributed by atoms with Gasteiger partial charge in [0.05, 0.1) is 4.34 Å². The van der Waals surface area contributed by atoms with Crippen LogP contribution in [0.5, 0.6) is 0 Å². The molecule has 4 heteroatoms. The number of nitrogens with one attached hydrogen (secondary N) is 1. The lowest BCUT2D eigenvalue weighted by Crippen LogP contribution is -2.23. The van der Waals surface area contributed by atoms with Crippen molar-refractivity contribution >= 4 is 22.9 Å². The molecule has 0 saturated carbocycles. The van der Waals surface area contributed by atoms with Crippen LogP contribution in [0, 0.1) is 6.92 Å². The Bertz CT molecular complexity index is 510. The van der Waals surface area contributed by atoms with Crippen molar-refractivity contribution in [3.63, 3.8) is 0 Å². The van der Waals surface area contributed by atoms with Gasteiger partial charge < -0.3 is 5.32 Å². The Balaban J connectivity index is 2.20. The van der Waals surface area contributed by atoms with E-state index in [1.165, 1.54) is 10.4 Å². The van der Waals surface area contributed by atoms with Crippen LogP contribution in [0.3, 0.4) is 0 Å². The van der Waals surface area contributed by atoms with E-state index in [2.05, 4.69) is 36.3 Å². The van der Waals surface area contributed by atoms with Gasteiger partial charge >= 0.3 is 0 Å². The topological polar surface area (TPSA) is 24.9 Å². The monoisotopic (exact) mass is 280 g/mol. The van der Waals surface area contributed by atoms with Gasteiger partial charge in [-0.3, -0.25) is 4.98 Å². The summed E-state index contributed by atoms with van der Waals surface area (Å²) in [7, 11) is 0. The lowest BCUT2D eigenvalue weighted by Gasteiger charge is -2.19. The Kier molecular flexibility index (Phi) is 4.75. The van der Waals surface area contributed by atoms with E-state index in [1.54, 1.807) is 11.3 Å². The summed E-state index contributed by atoms with van der Waals surface area (Å²) in [6.45, 7) is 5.12. The third-order valence-electron chi connectivity index (χ3n) is 2.91. The Morgan fingerprint density at radius 1 is 1.39 bits per heavy atom. The number of hydrogen-bond donors (Lipinski definition) is 1. The molecule has 0 spiro atoms. The summed E-state index contributed by atoms with van der Waals surface area (Å²) >= 11 is 7.63. The zero-order valence-electron chi connectivity index (χ0n) is 10.6. The van der Waals surface area contributed by atoms with Crippen molar-refractivity contribution in [2.45, 2.75) is 26.3 Å². The van der Waals surface area contributed by atoms with Gasteiger partial charge in [0.2, 0.25) is 0 Å². The van der Waals surface area contributed by atoms with Crippen molar-refractivity contribution in [1.29, 1.82) is 0 Å². The van der Waals surface area contributed by atoms with Crippen LogP contribution in [0.4, 0.5) is 0 Å². The predicted octanol–water partition coefficient (Wildman–Crippen LogP) is 4.00. The van der Waals surface area contributed by atoms with Gasteiger partial charge in [0.15, 0.2) is 0 Å². The summed E-state index contributed by atoms with van der Waals surface area (Å²) in [4.78, 5) is 5.67. The number of aromatic nitrogens is 1. The molecule has 0 fully saturated rings. The van der Waals surface area contributed by atoms with E-state index < -0.39 is 0 Å². The molecule has 0 aromatic carbocycles. The third-order valence-corrected chi connectivity index (χ3v) is 4.16. The number of rotatable bonds is 5. The van der Waals surface area contributed by atoms with Gasteiger partial charge in [-0.05, 0) is 37.2 Å². The van der Waals surface area contributed by atoms with Crippen molar-refractivity contribution in [3.8, 4) is 0 Å². The SMILES string of the molecule is CCNC(Cc1ccc(Cl)s1)c1cccnc1C. The third kappa shape index (κ3) is 3.31. The van der Waals surface area contributed by atoms with Crippen LogP contribution in [-0.2, 0) is 6.42 Å². The number of nitrogens with zero attached hydrogens (tertiary/aromatic N) is 1. The van der Waals surface area contributed by atoms with Crippen molar-refractivity contribution in [1.82, 2.24) is 10.3 Å². The minimum atomic E-state index is 0.304. The molecule has 1 N–H and O–H groups in total. The number of pyridine rings is 1. The molecule has 96 valence electrons.